The zero-order valence-electron chi connectivity index (χ0n) is 25.4. The summed E-state index contributed by atoms with van der Waals surface area (Å²) in [7, 11) is 4.26. The van der Waals surface area contributed by atoms with Gasteiger partial charge in [0, 0.05) is 22.7 Å². The monoisotopic (exact) mass is 645 g/mol. The molecule has 2 aliphatic heterocycles. The quantitative estimate of drug-likeness (QED) is 0.261. The molecule has 2 aliphatic rings. The number of hydrogen-bond donors (Lipinski definition) is 0. The van der Waals surface area contributed by atoms with Crippen molar-refractivity contribution in [2.75, 3.05) is 26.2 Å². The number of amides is 2. The smallest absolute Gasteiger partial charge is 0.419 e. The molecule has 0 radical (unpaired) electrons. The van der Waals surface area contributed by atoms with Crippen LogP contribution in [0, 0.1) is 0 Å². The van der Waals surface area contributed by atoms with Crippen LogP contribution in [-0.4, -0.2) is 56.3 Å². The number of carbonyl (C=O) groups is 2. The van der Waals surface area contributed by atoms with Crippen LogP contribution in [0.3, 0.4) is 0 Å². The summed E-state index contributed by atoms with van der Waals surface area (Å²) >= 11 is 6.38. The third kappa shape index (κ3) is 4.82. The van der Waals surface area contributed by atoms with Crippen LogP contribution in [0.1, 0.15) is 37.5 Å². The number of rotatable bonds is 7. The minimum atomic E-state index is -5.28. The van der Waals surface area contributed by atoms with Crippen molar-refractivity contribution in [3.63, 3.8) is 0 Å². The van der Waals surface area contributed by atoms with Gasteiger partial charge in [-0.3, -0.25) is 9.80 Å². The molecule has 1 unspecified atom stereocenters. The first-order valence-electron chi connectivity index (χ1n) is 13.8. The van der Waals surface area contributed by atoms with E-state index in [0.29, 0.717) is 16.2 Å². The summed E-state index contributed by atoms with van der Waals surface area (Å²) in [5, 5.41) is -0.0516. The number of alkyl halides is 3. The molecule has 2 amide bonds. The molecule has 0 aliphatic carbocycles. The molecule has 0 N–H and O–H groups in total. The Kier molecular flexibility index (Phi) is 7.93. The molecule has 13 heteroatoms. The second-order valence-corrected chi connectivity index (χ2v) is 11.9. The Morgan fingerprint density at radius 3 is 2.09 bits per heavy atom. The fourth-order valence-corrected chi connectivity index (χ4v) is 6.13. The molecule has 3 aromatic carbocycles. The number of halogens is 4. The summed E-state index contributed by atoms with van der Waals surface area (Å²) < 4.78 is 70.4. The van der Waals surface area contributed by atoms with Gasteiger partial charge in [0.05, 0.1) is 45.5 Å². The second kappa shape index (κ2) is 11.2. The minimum Gasteiger partial charge on any atom is -0.496 e. The third-order valence-corrected chi connectivity index (χ3v) is 7.99. The number of hydrogen-bond acceptors (Lipinski definition) is 7. The van der Waals surface area contributed by atoms with E-state index in [4.69, 9.17) is 30.5 Å². The lowest BCUT2D eigenvalue weighted by atomic mass is 9.66. The second-order valence-electron chi connectivity index (χ2n) is 11.4. The maximum atomic E-state index is 16.1. The largest absolute Gasteiger partial charge is 0.496 e. The Bertz CT molecular complexity index is 1650. The van der Waals surface area contributed by atoms with Crippen molar-refractivity contribution in [3.05, 3.63) is 82.4 Å². The number of anilines is 1. The van der Waals surface area contributed by atoms with Crippen LogP contribution >= 0.6 is 11.6 Å². The summed E-state index contributed by atoms with van der Waals surface area (Å²) in [6.07, 6.45) is -4.53. The molecule has 0 saturated heterocycles. The Labute approximate surface area is 263 Å². The van der Waals surface area contributed by atoms with E-state index in [2.05, 4.69) is 4.99 Å². The Morgan fingerprint density at radius 1 is 0.933 bits per heavy atom. The zero-order chi connectivity index (χ0) is 32.9. The van der Waals surface area contributed by atoms with Gasteiger partial charge in [-0.2, -0.15) is 13.2 Å². The lowest BCUT2D eigenvalue weighted by Gasteiger charge is -2.52. The van der Waals surface area contributed by atoms with E-state index in [-0.39, 0.29) is 34.3 Å². The summed E-state index contributed by atoms with van der Waals surface area (Å²) in [6.45, 7) is 4.32. The van der Waals surface area contributed by atoms with Crippen molar-refractivity contribution in [1.82, 2.24) is 4.90 Å². The SMILES string of the molecule is COc1cc(OC)c(CN2C(=O)N3C=N[C@](C(=O)OC(C)(C)C)(c4ccccc4)C3(C(F)(F)F)c3cc(Cl)ccc32)c(OC)c1. The van der Waals surface area contributed by atoms with Crippen molar-refractivity contribution in [3.8, 4) is 17.2 Å². The Balaban J connectivity index is 1.84. The van der Waals surface area contributed by atoms with Gasteiger partial charge >= 0.3 is 18.2 Å². The Hall–Kier alpha value is -4.45. The molecule has 2 atom stereocenters. The van der Waals surface area contributed by atoms with Crippen LogP contribution in [0.2, 0.25) is 5.02 Å². The number of benzene rings is 3. The summed E-state index contributed by atoms with van der Waals surface area (Å²) in [4.78, 5) is 34.5. The molecular formula is C32H31ClF3N3O6. The molecule has 0 bridgehead atoms. The first kappa shape index (κ1) is 32.0. The van der Waals surface area contributed by atoms with Gasteiger partial charge < -0.3 is 18.9 Å². The van der Waals surface area contributed by atoms with Gasteiger partial charge in [0.15, 0.2) is 0 Å². The highest BCUT2D eigenvalue weighted by molar-refractivity contribution is 6.31. The predicted molar refractivity (Wildman–Crippen MR) is 161 cm³/mol. The first-order valence-corrected chi connectivity index (χ1v) is 14.1. The van der Waals surface area contributed by atoms with Gasteiger partial charge in [-0.1, -0.05) is 41.9 Å². The standard InChI is InChI=1S/C32H31ClF3N3O6/c1-29(2,3)45-27(40)30(19-10-8-7-9-11-19)31(32(34,35)36)23-14-20(33)12-13-24(23)38(28(41)39(31)18-37-30)17-22-25(43-5)15-21(42-4)16-26(22)44-6/h7-16,18H,17H2,1-6H3/t30-,31?/m0/s1. The predicted octanol–water partition coefficient (Wildman–Crippen LogP) is 6.84. The molecule has 9 nitrogen and oxygen atoms in total. The van der Waals surface area contributed by atoms with Crippen molar-refractivity contribution in [2.45, 2.75) is 50.2 Å². The Morgan fingerprint density at radius 2 is 1.56 bits per heavy atom. The van der Waals surface area contributed by atoms with E-state index >= 15 is 13.2 Å². The highest BCUT2D eigenvalue weighted by Crippen LogP contribution is 2.63. The molecule has 0 fully saturated rings. The van der Waals surface area contributed by atoms with Crippen LogP contribution < -0.4 is 19.1 Å². The van der Waals surface area contributed by atoms with Crippen LogP contribution in [0.4, 0.5) is 23.7 Å². The molecule has 2 heterocycles. The fourth-order valence-electron chi connectivity index (χ4n) is 5.95. The molecular weight excluding hydrogens is 615 g/mol. The van der Waals surface area contributed by atoms with Gasteiger partial charge in [0.2, 0.25) is 11.1 Å². The summed E-state index contributed by atoms with van der Waals surface area (Å²) in [5.41, 5.74) is -7.76. The number of esters is 1. The number of aliphatic imine (C=N–C) groups is 1. The number of carbonyl (C=O) groups excluding carboxylic acids is 2. The maximum absolute atomic E-state index is 16.1. The number of urea groups is 1. The van der Waals surface area contributed by atoms with Crippen molar-refractivity contribution in [2.24, 2.45) is 4.99 Å². The molecule has 0 aromatic heterocycles. The highest BCUT2D eigenvalue weighted by Gasteiger charge is 2.80. The van der Waals surface area contributed by atoms with E-state index in [9.17, 15) is 9.59 Å². The van der Waals surface area contributed by atoms with Gasteiger partial charge in [-0.05, 0) is 44.5 Å². The van der Waals surface area contributed by atoms with E-state index in [0.717, 1.165) is 17.3 Å². The van der Waals surface area contributed by atoms with Gasteiger partial charge in [-0.25, -0.2) is 14.6 Å². The number of ether oxygens (including phenoxy) is 4. The molecule has 0 spiro atoms. The summed E-state index contributed by atoms with van der Waals surface area (Å²) in [6, 6.07) is 13.1. The highest BCUT2D eigenvalue weighted by atomic mass is 35.5. The van der Waals surface area contributed by atoms with Crippen molar-refractivity contribution < 1.29 is 41.7 Å². The lowest BCUT2D eigenvalue weighted by Crippen LogP contribution is -2.71. The average molecular weight is 646 g/mol. The van der Waals surface area contributed by atoms with Gasteiger partial charge in [-0.15, -0.1) is 0 Å². The first-order chi connectivity index (χ1) is 21.2. The minimum absolute atomic E-state index is 0.0516. The molecule has 238 valence electrons. The maximum Gasteiger partial charge on any atom is 0.419 e. The lowest BCUT2D eigenvalue weighted by molar-refractivity contribution is -0.242. The van der Waals surface area contributed by atoms with Gasteiger partial charge in [0.1, 0.15) is 22.8 Å². The third-order valence-electron chi connectivity index (χ3n) is 7.76. The molecule has 45 heavy (non-hydrogen) atoms. The van der Waals surface area contributed by atoms with Gasteiger partial charge in [0.25, 0.3) is 0 Å². The molecule has 0 saturated carbocycles. The van der Waals surface area contributed by atoms with Crippen molar-refractivity contribution in [1.29, 1.82) is 0 Å². The molecule has 5 rings (SSSR count). The van der Waals surface area contributed by atoms with Crippen LogP contribution in [-0.2, 0) is 27.2 Å². The number of fused-ring (bicyclic) bond motifs is 3. The molecule has 3 aromatic rings. The normalized spacial score (nSPS) is 20.9. The summed E-state index contributed by atoms with van der Waals surface area (Å²) in [5.74, 6) is -0.352. The topological polar surface area (TPSA) is 89.9 Å². The number of methoxy groups -OCH3 is 3. The van der Waals surface area contributed by atoms with E-state index in [1.54, 1.807) is 18.2 Å². The van der Waals surface area contributed by atoms with Crippen molar-refractivity contribution >= 4 is 35.6 Å². The average Bonchev–Trinajstić information content (AvgIpc) is 3.38. The van der Waals surface area contributed by atoms with E-state index in [1.165, 1.54) is 78.5 Å². The van der Waals surface area contributed by atoms with Crippen LogP contribution in [0.5, 0.6) is 17.2 Å². The van der Waals surface area contributed by atoms with Crippen LogP contribution in [0.15, 0.2) is 65.7 Å². The van der Waals surface area contributed by atoms with E-state index in [1.807, 2.05) is 0 Å². The number of nitrogens with zero attached hydrogens (tertiary/aromatic N) is 3. The van der Waals surface area contributed by atoms with E-state index < -0.39 is 40.4 Å². The zero-order valence-corrected chi connectivity index (χ0v) is 26.1. The van der Waals surface area contributed by atoms with Crippen LogP contribution in [0.25, 0.3) is 0 Å². The fraction of sp³-hybridized carbons (Fsp3) is 0.344.